The molecule has 2 amide bonds. The van der Waals surface area contributed by atoms with E-state index in [1.165, 1.54) is 6.92 Å². The largest absolute Gasteiger partial charge is 0.345 e. The average molecular weight is 322 g/mol. The fourth-order valence-corrected chi connectivity index (χ4v) is 2.50. The standard InChI is InChI=1S/C14H18N4O3S/c1-8(2)12(16-9(3)19)14(20)15-6-11-17-13(18-21-11)10-4-5-22-7-10/h4-5,7-8,12H,6H2,1-3H3,(H,15,20)(H,16,19)/t12-/m1/s1. The van der Waals surface area contributed by atoms with E-state index in [-0.39, 0.29) is 24.3 Å². The van der Waals surface area contributed by atoms with Gasteiger partial charge in [-0.05, 0) is 17.4 Å². The van der Waals surface area contributed by atoms with E-state index in [1.54, 1.807) is 11.3 Å². The van der Waals surface area contributed by atoms with Gasteiger partial charge in [0.05, 0.1) is 6.54 Å². The lowest BCUT2D eigenvalue weighted by molar-refractivity contribution is -0.129. The third-order valence-corrected chi connectivity index (χ3v) is 3.65. The van der Waals surface area contributed by atoms with Crippen LogP contribution < -0.4 is 10.6 Å². The Morgan fingerprint density at radius 1 is 1.41 bits per heavy atom. The van der Waals surface area contributed by atoms with Crippen LogP contribution in [0.3, 0.4) is 0 Å². The van der Waals surface area contributed by atoms with Gasteiger partial charge in [-0.3, -0.25) is 9.59 Å². The van der Waals surface area contributed by atoms with Crippen molar-refractivity contribution in [3.05, 3.63) is 22.7 Å². The van der Waals surface area contributed by atoms with Gasteiger partial charge >= 0.3 is 0 Å². The molecule has 0 aromatic carbocycles. The van der Waals surface area contributed by atoms with E-state index < -0.39 is 6.04 Å². The van der Waals surface area contributed by atoms with E-state index in [0.29, 0.717) is 11.7 Å². The van der Waals surface area contributed by atoms with Crippen molar-refractivity contribution in [1.82, 2.24) is 20.8 Å². The zero-order valence-electron chi connectivity index (χ0n) is 12.6. The molecule has 0 unspecified atom stereocenters. The van der Waals surface area contributed by atoms with E-state index in [0.717, 1.165) is 5.56 Å². The number of nitrogens with one attached hydrogen (secondary N) is 2. The molecule has 1 atom stereocenters. The molecule has 0 spiro atoms. The zero-order valence-corrected chi connectivity index (χ0v) is 13.4. The maximum Gasteiger partial charge on any atom is 0.246 e. The molecular weight excluding hydrogens is 304 g/mol. The van der Waals surface area contributed by atoms with Gasteiger partial charge in [0.15, 0.2) is 0 Å². The van der Waals surface area contributed by atoms with Crippen molar-refractivity contribution in [2.24, 2.45) is 5.92 Å². The van der Waals surface area contributed by atoms with Gasteiger partial charge in [-0.1, -0.05) is 19.0 Å². The number of hydrogen-bond donors (Lipinski definition) is 2. The smallest absolute Gasteiger partial charge is 0.246 e. The number of aromatic nitrogens is 2. The highest BCUT2D eigenvalue weighted by Crippen LogP contribution is 2.18. The quantitative estimate of drug-likeness (QED) is 0.841. The highest BCUT2D eigenvalue weighted by Gasteiger charge is 2.23. The van der Waals surface area contributed by atoms with Crippen LogP contribution >= 0.6 is 11.3 Å². The molecule has 0 aliphatic rings. The Kier molecular flexibility index (Phi) is 5.26. The van der Waals surface area contributed by atoms with Crippen molar-refractivity contribution in [3.8, 4) is 11.4 Å². The zero-order chi connectivity index (χ0) is 16.1. The van der Waals surface area contributed by atoms with E-state index in [4.69, 9.17) is 4.52 Å². The fourth-order valence-electron chi connectivity index (χ4n) is 1.86. The molecule has 0 radical (unpaired) electrons. The van der Waals surface area contributed by atoms with Gasteiger partial charge in [0.2, 0.25) is 23.5 Å². The second-order valence-corrected chi connectivity index (χ2v) is 5.94. The van der Waals surface area contributed by atoms with E-state index in [9.17, 15) is 9.59 Å². The number of carbonyl (C=O) groups is 2. The van der Waals surface area contributed by atoms with Crippen LogP contribution in [0.4, 0.5) is 0 Å². The lowest BCUT2D eigenvalue weighted by Gasteiger charge is -2.20. The van der Waals surface area contributed by atoms with Crippen molar-refractivity contribution in [1.29, 1.82) is 0 Å². The van der Waals surface area contributed by atoms with Crippen molar-refractivity contribution in [2.75, 3.05) is 0 Å². The summed E-state index contributed by atoms with van der Waals surface area (Å²) < 4.78 is 5.10. The molecule has 0 fully saturated rings. The summed E-state index contributed by atoms with van der Waals surface area (Å²) in [5.41, 5.74) is 0.879. The second-order valence-electron chi connectivity index (χ2n) is 5.16. The maximum atomic E-state index is 12.1. The lowest BCUT2D eigenvalue weighted by atomic mass is 10.0. The Hall–Kier alpha value is -2.22. The summed E-state index contributed by atoms with van der Waals surface area (Å²) in [6.07, 6.45) is 0. The molecule has 2 rings (SSSR count). The first-order chi connectivity index (χ1) is 10.5. The van der Waals surface area contributed by atoms with E-state index in [1.807, 2.05) is 30.7 Å². The minimum absolute atomic E-state index is 0.0204. The Balaban J connectivity index is 1.94. The van der Waals surface area contributed by atoms with Crippen LogP contribution in [0.5, 0.6) is 0 Å². The highest BCUT2D eigenvalue weighted by atomic mass is 32.1. The summed E-state index contributed by atoms with van der Waals surface area (Å²) in [7, 11) is 0. The molecule has 118 valence electrons. The maximum absolute atomic E-state index is 12.1. The SMILES string of the molecule is CC(=O)N[C@@H](C(=O)NCc1nc(-c2ccsc2)no1)C(C)C. The molecule has 0 aliphatic carbocycles. The summed E-state index contributed by atoms with van der Waals surface area (Å²) in [6, 6.07) is 1.31. The van der Waals surface area contributed by atoms with Crippen LogP contribution in [0.15, 0.2) is 21.3 Å². The van der Waals surface area contributed by atoms with E-state index in [2.05, 4.69) is 20.8 Å². The number of carbonyl (C=O) groups excluding carboxylic acids is 2. The van der Waals surface area contributed by atoms with Gasteiger partial charge in [-0.2, -0.15) is 16.3 Å². The molecule has 2 N–H and O–H groups in total. The predicted molar refractivity (Wildman–Crippen MR) is 81.9 cm³/mol. The van der Waals surface area contributed by atoms with Crippen LogP contribution in [-0.4, -0.2) is 28.0 Å². The second kappa shape index (κ2) is 7.17. The topological polar surface area (TPSA) is 97.1 Å². The molecule has 7 nitrogen and oxygen atoms in total. The number of rotatable bonds is 6. The van der Waals surface area contributed by atoms with Crippen molar-refractivity contribution in [2.45, 2.75) is 33.4 Å². The van der Waals surface area contributed by atoms with Gasteiger partial charge in [0.1, 0.15) is 6.04 Å². The van der Waals surface area contributed by atoms with Crippen LogP contribution in [0.1, 0.15) is 26.7 Å². The molecule has 2 heterocycles. The van der Waals surface area contributed by atoms with Gasteiger partial charge in [-0.15, -0.1) is 0 Å². The number of nitrogens with zero attached hydrogens (tertiary/aromatic N) is 2. The average Bonchev–Trinajstić information content (AvgIpc) is 3.11. The molecule has 0 saturated carbocycles. The van der Waals surface area contributed by atoms with Crippen molar-refractivity contribution in [3.63, 3.8) is 0 Å². The molecule has 8 heteroatoms. The predicted octanol–water partition coefficient (Wildman–Crippen LogP) is 1.57. The minimum atomic E-state index is -0.586. The van der Waals surface area contributed by atoms with Gasteiger partial charge in [0, 0.05) is 17.9 Å². The molecule has 22 heavy (non-hydrogen) atoms. The fraction of sp³-hybridized carbons (Fsp3) is 0.429. The molecule has 2 aromatic rings. The summed E-state index contributed by atoms with van der Waals surface area (Å²) >= 11 is 1.54. The van der Waals surface area contributed by atoms with Crippen LogP contribution in [0.25, 0.3) is 11.4 Å². The van der Waals surface area contributed by atoms with Crippen LogP contribution in [0, 0.1) is 5.92 Å². The number of amides is 2. The summed E-state index contributed by atoms with van der Waals surface area (Å²) in [5, 5.41) is 13.0. The lowest BCUT2D eigenvalue weighted by Crippen LogP contribution is -2.48. The summed E-state index contributed by atoms with van der Waals surface area (Å²) in [4.78, 5) is 27.5. The Bertz CT molecular complexity index is 636. The Morgan fingerprint density at radius 2 is 2.18 bits per heavy atom. The minimum Gasteiger partial charge on any atom is -0.345 e. The van der Waals surface area contributed by atoms with Crippen LogP contribution in [0.2, 0.25) is 0 Å². The third-order valence-electron chi connectivity index (χ3n) is 2.97. The van der Waals surface area contributed by atoms with Crippen LogP contribution in [-0.2, 0) is 16.1 Å². The van der Waals surface area contributed by atoms with Gasteiger partial charge < -0.3 is 15.2 Å². The van der Waals surface area contributed by atoms with Gasteiger partial charge in [0.25, 0.3) is 0 Å². The molecular formula is C14H18N4O3S. The first-order valence-electron chi connectivity index (χ1n) is 6.87. The van der Waals surface area contributed by atoms with E-state index >= 15 is 0 Å². The first kappa shape index (κ1) is 16.2. The van der Waals surface area contributed by atoms with Crippen molar-refractivity contribution >= 4 is 23.2 Å². The first-order valence-corrected chi connectivity index (χ1v) is 7.81. The summed E-state index contributed by atoms with van der Waals surface area (Å²) in [5.74, 6) is 0.271. The monoisotopic (exact) mass is 322 g/mol. The van der Waals surface area contributed by atoms with Crippen molar-refractivity contribution < 1.29 is 14.1 Å². The Morgan fingerprint density at radius 3 is 2.77 bits per heavy atom. The van der Waals surface area contributed by atoms with Gasteiger partial charge in [-0.25, -0.2) is 0 Å². The highest BCUT2D eigenvalue weighted by molar-refractivity contribution is 7.08. The summed E-state index contributed by atoms with van der Waals surface area (Å²) in [6.45, 7) is 5.23. The molecule has 0 aliphatic heterocycles. The normalized spacial score (nSPS) is 12.2. The molecule has 0 bridgehead atoms. The third kappa shape index (κ3) is 4.14. The Labute approximate surface area is 132 Å². The number of thiophene rings is 1. The molecule has 0 saturated heterocycles. The number of hydrogen-bond acceptors (Lipinski definition) is 6. The molecule has 2 aromatic heterocycles.